The zero-order valence-electron chi connectivity index (χ0n) is 12.0. The van der Waals surface area contributed by atoms with Gasteiger partial charge in [0.05, 0.1) is 17.9 Å². The van der Waals surface area contributed by atoms with Gasteiger partial charge in [-0.1, -0.05) is 56.1 Å². The molecule has 5 heteroatoms. The zero-order chi connectivity index (χ0) is 15.5. The fraction of sp³-hybridized carbons (Fsp3) is 0.118. The maximum Gasteiger partial charge on any atom is 0.128 e. The molecule has 112 valence electrons. The summed E-state index contributed by atoms with van der Waals surface area (Å²) in [5.41, 5.74) is 3.30. The number of imidazole rings is 1. The zero-order valence-corrected chi connectivity index (χ0v) is 15.1. The number of halogens is 2. The number of aromatic nitrogens is 2. The minimum absolute atomic E-state index is 0.0392. The second-order valence-electron chi connectivity index (χ2n) is 4.96. The molecule has 0 unspecified atom stereocenters. The van der Waals surface area contributed by atoms with Crippen LogP contribution in [0.25, 0.3) is 11.3 Å². The van der Waals surface area contributed by atoms with E-state index >= 15 is 0 Å². The first-order valence-electron chi connectivity index (χ1n) is 6.91. The second-order valence-corrected chi connectivity index (χ2v) is 6.79. The maximum atomic E-state index is 4.54. The van der Waals surface area contributed by atoms with Crippen LogP contribution in [0.1, 0.15) is 17.4 Å². The lowest BCUT2D eigenvalue weighted by Gasteiger charge is -2.14. The van der Waals surface area contributed by atoms with Gasteiger partial charge in [-0.05, 0) is 42.4 Å². The van der Waals surface area contributed by atoms with Crippen LogP contribution < -0.4 is 5.32 Å². The molecule has 0 saturated carbocycles. The highest BCUT2D eigenvalue weighted by Crippen LogP contribution is 2.25. The van der Waals surface area contributed by atoms with E-state index in [1.807, 2.05) is 37.5 Å². The lowest BCUT2D eigenvalue weighted by atomic mass is 10.1. The standard InChI is InChI=1S/C17H15Br2N3/c1-20-16(12-4-8-14(19)9-5-12)17-21-10-15(22-17)11-2-6-13(18)7-3-11/h2-10,16,20H,1H3,(H,21,22)/t16-/m0/s1. The quantitative estimate of drug-likeness (QED) is 0.629. The summed E-state index contributed by atoms with van der Waals surface area (Å²) in [4.78, 5) is 7.96. The molecule has 0 bridgehead atoms. The van der Waals surface area contributed by atoms with Crippen LogP contribution in [0.5, 0.6) is 0 Å². The first-order valence-corrected chi connectivity index (χ1v) is 8.49. The number of H-pyrrole nitrogens is 1. The number of aromatic amines is 1. The molecule has 0 fully saturated rings. The summed E-state index contributed by atoms with van der Waals surface area (Å²) in [5, 5.41) is 3.31. The monoisotopic (exact) mass is 419 g/mol. The Labute approximate surface area is 146 Å². The Morgan fingerprint density at radius 1 is 0.955 bits per heavy atom. The second kappa shape index (κ2) is 6.77. The van der Waals surface area contributed by atoms with E-state index in [0.717, 1.165) is 26.0 Å². The average Bonchev–Trinajstić information content (AvgIpc) is 3.00. The van der Waals surface area contributed by atoms with Crippen LogP contribution in [0.3, 0.4) is 0 Å². The normalized spacial score (nSPS) is 12.3. The number of hydrogen-bond acceptors (Lipinski definition) is 2. The molecule has 3 rings (SSSR count). The molecule has 1 heterocycles. The van der Waals surface area contributed by atoms with Crippen molar-refractivity contribution in [2.75, 3.05) is 7.05 Å². The summed E-state index contributed by atoms with van der Waals surface area (Å²) in [6, 6.07) is 16.5. The highest BCUT2D eigenvalue weighted by atomic mass is 79.9. The topological polar surface area (TPSA) is 40.7 Å². The Kier molecular flexibility index (Phi) is 4.76. The Hall–Kier alpha value is -1.43. The van der Waals surface area contributed by atoms with E-state index in [-0.39, 0.29) is 6.04 Å². The van der Waals surface area contributed by atoms with Gasteiger partial charge in [-0.25, -0.2) is 4.98 Å². The van der Waals surface area contributed by atoms with Crippen molar-refractivity contribution in [3.63, 3.8) is 0 Å². The summed E-state index contributed by atoms with van der Waals surface area (Å²) in [6.07, 6.45) is 1.88. The van der Waals surface area contributed by atoms with Crippen molar-refractivity contribution in [2.24, 2.45) is 0 Å². The number of rotatable bonds is 4. The van der Waals surface area contributed by atoms with Gasteiger partial charge in [-0.15, -0.1) is 0 Å². The van der Waals surface area contributed by atoms with Crippen LogP contribution in [0.2, 0.25) is 0 Å². The molecule has 3 aromatic rings. The van der Waals surface area contributed by atoms with Gasteiger partial charge in [0.15, 0.2) is 0 Å². The molecule has 1 aromatic heterocycles. The molecule has 0 amide bonds. The number of nitrogens with zero attached hydrogens (tertiary/aromatic N) is 1. The number of benzene rings is 2. The third-order valence-electron chi connectivity index (χ3n) is 3.52. The van der Waals surface area contributed by atoms with Crippen LogP contribution in [0, 0.1) is 0 Å². The molecule has 2 aromatic carbocycles. The molecular weight excluding hydrogens is 406 g/mol. The van der Waals surface area contributed by atoms with Gasteiger partial charge in [-0.2, -0.15) is 0 Å². The molecule has 0 aliphatic carbocycles. The number of nitrogens with one attached hydrogen (secondary N) is 2. The predicted octanol–water partition coefficient (Wildman–Crippen LogP) is 4.91. The molecule has 1 atom stereocenters. The minimum atomic E-state index is 0.0392. The van der Waals surface area contributed by atoms with Gasteiger partial charge >= 0.3 is 0 Å². The van der Waals surface area contributed by atoms with Gasteiger partial charge in [0.2, 0.25) is 0 Å². The summed E-state index contributed by atoms with van der Waals surface area (Å²) in [5.74, 6) is 0.905. The van der Waals surface area contributed by atoms with Crippen LogP contribution >= 0.6 is 31.9 Å². The third-order valence-corrected chi connectivity index (χ3v) is 4.57. The molecular formula is C17H15Br2N3. The van der Waals surface area contributed by atoms with Gasteiger partial charge in [0.25, 0.3) is 0 Å². The third kappa shape index (κ3) is 3.32. The van der Waals surface area contributed by atoms with Crippen LogP contribution in [0.4, 0.5) is 0 Å². The molecule has 2 N–H and O–H groups in total. The SMILES string of the molecule is CN[C@@H](c1ccc(Br)cc1)c1ncc(-c2ccc(Br)cc2)[nH]1. The average molecular weight is 421 g/mol. The summed E-state index contributed by atoms with van der Waals surface area (Å²) in [7, 11) is 1.94. The van der Waals surface area contributed by atoms with Crippen molar-refractivity contribution in [2.45, 2.75) is 6.04 Å². The lowest BCUT2D eigenvalue weighted by molar-refractivity contribution is 0.655. The van der Waals surface area contributed by atoms with Gasteiger partial charge in [0.1, 0.15) is 5.82 Å². The molecule has 3 nitrogen and oxygen atoms in total. The molecule has 0 aliphatic heterocycles. The summed E-state index contributed by atoms with van der Waals surface area (Å²) in [6.45, 7) is 0. The molecule has 0 saturated heterocycles. The first-order chi connectivity index (χ1) is 10.7. The number of hydrogen-bond donors (Lipinski definition) is 2. The highest BCUT2D eigenvalue weighted by Gasteiger charge is 2.15. The van der Waals surface area contributed by atoms with E-state index in [1.54, 1.807) is 0 Å². The van der Waals surface area contributed by atoms with Crippen molar-refractivity contribution >= 4 is 31.9 Å². The Morgan fingerprint density at radius 3 is 2.14 bits per heavy atom. The van der Waals surface area contributed by atoms with Gasteiger partial charge < -0.3 is 10.3 Å². The van der Waals surface area contributed by atoms with Crippen LogP contribution in [-0.4, -0.2) is 17.0 Å². The Bertz CT molecular complexity index is 748. The maximum absolute atomic E-state index is 4.54. The van der Waals surface area contributed by atoms with E-state index < -0.39 is 0 Å². The lowest BCUT2D eigenvalue weighted by Crippen LogP contribution is -2.18. The largest absolute Gasteiger partial charge is 0.340 e. The van der Waals surface area contributed by atoms with Gasteiger partial charge in [0, 0.05) is 8.95 Å². The molecule has 0 radical (unpaired) electrons. The van der Waals surface area contributed by atoms with E-state index in [1.165, 1.54) is 5.56 Å². The Balaban J connectivity index is 1.91. The molecule has 0 spiro atoms. The van der Waals surface area contributed by atoms with Crippen molar-refractivity contribution in [3.8, 4) is 11.3 Å². The van der Waals surface area contributed by atoms with Crippen molar-refractivity contribution < 1.29 is 0 Å². The van der Waals surface area contributed by atoms with Crippen LogP contribution in [-0.2, 0) is 0 Å². The van der Waals surface area contributed by atoms with Crippen molar-refractivity contribution in [3.05, 3.63) is 75.1 Å². The summed E-state index contributed by atoms with van der Waals surface area (Å²) < 4.78 is 2.14. The molecule has 22 heavy (non-hydrogen) atoms. The minimum Gasteiger partial charge on any atom is -0.340 e. The fourth-order valence-corrected chi connectivity index (χ4v) is 2.90. The Morgan fingerprint density at radius 2 is 1.55 bits per heavy atom. The smallest absolute Gasteiger partial charge is 0.128 e. The van der Waals surface area contributed by atoms with E-state index in [9.17, 15) is 0 Å². The van der Waals surface area contributed by atoms with E-state index in [0.29, 0.717) is 0 Å². The van der Waals surface area contributed by atoms with Crippen LogP contribution in [0.15, 0.2) is 63.7 Å². The van der Waals surface area contributed by atoms with Crippen molar-refractivity contribution in [1.29, 1.82) is 0 Å². The predicted molar refractivity (Wildman–Crippen MR) is 96.8 cm³/mol. The van der Waals surface area contributed by atoms with Gasteiger partial charge in [-0.3, -0.25) is 0 Å². The molecule has 0 aliphatic rings. The summed E-state index contributed by atoms with van der Waals surface area (Å²) >= 11 is 6.92. The van der Waals surface area contributed by atoms with E-state index in [4.69, 9.17) is 0 Å². The van der Waals surface area contributed by atoms with E-state index in [2.05, 4.69) is 71.4 Å². The van der Waals surface area contributed by atoms with Crippen molar-refractivity contribution in [1.82, 2.24) is 15.3 Å². The first kappa shape index (κ1) is 15.5. The highest BCUT2D eigenvalue weighted by molar-refractivity contribution is 9.10. The fourth-order valence-electron chi connectivity index (χ4n) is 2.38.